The molecule has 0 amide bonds. The minimum absolute atomic E-state index is 0.0879. The molecule has 0 N–H and O–H groups in total. The Hall–Kier alpha value is -8.51. The van der Waals surface area contributed by atoms with Crippen molar-refractivity contribution < 1.29 is 18.3 Å². The van der Waals surface area contributed by atoms with Crippen molar-refractivity contribution in [1.82, 2.24) is 0 Å². The molecule has 8 heteroatoms. The molecular formula is C93H101Cl2N4ORu-. The number of hydrogen-bond acceptors (Lipinski definition) is 5. The molecule has 11 aromatic rings. The maximum atomic E-state index is 5.82. The number of rotatable bonds is 27. The van der Waals surface area contributed by atoms with Crippen LogP contribution in [-0.4, -0.2) is 50.0 Å². The molecule has 1 aliphatic heterocycles. The summed E-state index contributed by atoms with van der Waals surface area (Å²) < 4.78 is 7.51. The molecule has 1 aliphatic rings. The van der Waals surface area contributed by atoms with Gasteiger partial charge < -0.3 is 19.6 Å². The molecule has 0 radical (unpaired) electrons. The standard InChI is InChI=1S/C83H89N4.C10H12O.2ClH.Ru/c1-60(2)55-86(56-61(3)4)72-51-74(78(64-33-17-9-18-34-64)65-35-19-10-20-36-65)82(75(52-72)79(66-37-21-11-22-38-66)67-39-23-12-24-40-67)84-49-50-85(59-84)83-76(80(68-41-25-13-26-42-68)69-43-27-14-28-44-69)53-73(87(57-62(5)6)58-63(7)8)54-77(83)81(70-45-29-15-30-46-70)71-47-31-16-32-48-71;1-8(2)11-10-7-5-4-6-9(10)3;;;/h9-48,51-54,59-63,78-81H,49-50,55-58H2,1-8H3;3-8H,1-2H3;2*1H;/q-1;;;;+2/p-2. The monoisotopic (exact) mass is 1460 g/mol. The van der Waals surface area contributed by atoms with E-state index in [4.69, 9.17) is 24.1 Å². The van der Waals surface area contributed by atoms with E-state index in [1.165, 1.54) is 89.5 Å². The van der Waals surface area contributed by atoms with Crippen LogP contribution in [0.1, 0.15) is 165 Å². The first-order valence-electron chi connectivity index (χ1n) is 36.3. The summed E-state index contributed by atoms with van der Waals surface area (Å²) in [5.41, 5.74) is 21.4. The van der Waals surface area contributed by atoms with E-state index >= 15 is 0 Å². The van der Waals surface area contributed by atoms with Crippen LogP contribution in [0.25, 0.3) is 0 Å². The fraction of sp³-hybridized carbons (Fsp3) is 0.269. The number of halogens is 2. The van der Waals surface area contributed by atoms with Gasteiger partial charge in [0, 0.05) is 85.7 Å². The van der Waals surface area contributed by atoms with Crippen molar-refractivity contribution in [2.24, 2.45) is 23.7 Å². The summed E-state index contributed by atoms with van der Waals surface area (Å²) in [4.78, 5) is 10.7. The van der Waals surface area contributed by atoms with Gasteiger partial charge in [0.2, 0.25) is 0 Å². The molecular weight excluding hydrogens is 1360 g/mol. The second kappa shape index (κ2) is 35.9. The summed E-state index contributed by atoms with van der Waals surface area (Å²) in [6.45, 7) is 30.8. The Morgan fingerprint density at radius 1 is 0.347 bits per heavy atom. The molecule has 0 bridgehead atoms. The molecule has 101 heavy (non-hydrogen) atoms. The quantitative estimate of drug-likeness (QED) is 0.0290. The zero-order chi connectivity index (χ0) is 70.8. The van der Waals surface area contributed by atoms with Gasteiger partial charge in [0.25, 0.3) is 0 Å². The van der Waals surface area contributed by atoms with Gasteiger partial charge in [0.15, 0.2) is 0 Å². The van der Waals surface area contributed by atoms with E-state index in [9.17, 15) is 0 Å². The van der Waals surface area contributed by atoms with Crippen LogP contribution in [0, 0.1) is 30.3 Å². The summed E-state index contributed by atoms with van der Waals surface area (Å²) in [6, 6.07) is 109. The van der Waals surface area contributed by atoms with Gasteiger partial charge >= 0.3 is 97.8 Å². The molecule has 1 heterocycles. The normalized spacial score (nSPS) is 12.5. The van der Waals surface area contributed by atoms with Crippen molar-refractivity contribution in [3.05, 3.63) is 370 Å². The summed E-state index contributed by atoms with van der Waals surface area (Å²) in [7, 11) is 11.6. The average molecular weight is 1460 g/mol. The molecule has 11 aromatic carbocycles. The Morgan fingerprint density at radius 2 is 0.574 bits per heavy atom. The van der Waals surface area contributed by atoms with Crippen LogP contribution in [0.2, 0.25) is 0 Å². The van der Waals surface area contributed by atoms with E-state index in [0.717, 1.165) is 50.6 Å². The molecule has 1 saturated heterocycles. The third-order valence-corrected chi connectivity index (χ3v) is 20.4. The van der Waals surface area contributed by atoms with E-state index in [0.29, 0.717) is 23.7 Å². The third-order valence-electron chi connectivity index (χ3n) is 18.6. The van der Waals surface area contributed by atoms with Gasteiger partial charge in [-0.3, -0.25) is 0 Å². The zero-order valence-electron chi connectivity index (χ0n) is 60.6. The van der Waals surface area contributed by atoms with Crippen molar-refractivity contribution in [2.45, 2.75) is 99.0 Å². The van der Waals surface area contributed by atoms with Crippen molar-refractivity contribution in [3.63, 3.8) is 0 Å². The molecule has 0 spiro atoms. The number of benzene rings is 11. The fourth-order valence-corrected chi connectivity index (χ4v) is 16.6. The fourth-order valence-electron chi connectivity index (χ4n) is 14.8. The SMILES string of the molecule is CC(C)CN(CC(C)C)c1cc(C(c2ccccc2)c2ccccc2)c(N2[CH-]N(c3c(C(c4ccccc4)c4ccccc4)cc(N(CC(C)C)CC(C)C)cc3C(c3ccccc3)c3ccccc3)CC2)c(C(c2ccccc2)c2ccccc2)c1.CC(C)Oc1ccccc1[CH]=[Ru]([Cl])[Cl]. The summed E-state index contributed by atoms with van der Waals surface area (Å²) in [5.74, 6) is 2.32. The summed E-state index contributed by atoms with van der Waals surface area (Å²) >= 11 is -1.77. The van der Waals surface area contributed by atoms with Crippen molar-refractivity contribution >= 4 is 46.7 Å². The van der Waals surface area contributed by atoms with Gasteiger partial charge in [-0.2, -0.15) is 6.67 Å². The average Bonchev–Trinajstić information content (AvgIpc) is 1.73. The molecule has 0 saturated carbocycles. The topological polar surface area (TPSA) is 22.2 Å². The first-order chi connectivity index (χ1) is 49.1. The Kier molecular flexibility index (Phi) is 26.2. The molecule has 0 aromatic heterocycles. The number of hydrogen-bond donors (Lipinski definition) is 0. The summed E-state index contributed by atoms with van der Waals surface area (Å²) in [6.07, 6.45) is 0.163. The summed E-state index contributed by atoms with van der Waals surface area (Å²) in [5, 5.41) is 0. The van der Waals surface area contributed by atoms with Crippen LogP contribution in [0.4, 0.5) is 22.7 Å². The number of para-hydroxylation sites is 1. The molecule has 5 nitrogen and oxygen atoms in total. The van der Waals surface area contributed by atoms with Crippen LogP contribution in [0.3, 0.4) is 0 Å². The van der Waals surface area contributed by atoms with Gasteiger partial charge in [-0.25, -0.2) is 0 Å². The Morgan fingerprint density at radius 3 is 0.792 bits per heavy atom. The van der Waals surface area contributed by atoms with Gasteiger partial charge in [-0.15, -0.1) is 0 Å². The number of anilines is 4. The van der Waals surface area contributed by atoms with Crippen LogP contribution in [0.5, 0.6) is 5.75 Å². The Balaban J connectivity index is 0.000000656. The second-order valence-corrected chi connectivity index (χ2v) is 34.6. The Labute approximate surface area is 617 Å². The van der Waals surface area contributed by atoms with E-state index in [-0.39, 0.29) is 29.8 Å². The zero-order valence-corrected chi connectivity index (χ0v) is 63.9. The third kappa shape index (κ3) is 19.2. The van der Waals surface area contributed by atoms with E-state index in [1.807, 2.05) is 42.7 Å². The van der Waals surface area contributed by atoms with Gasteiger partial charge in [-0.1, -0.05) is 298 Å². The molecule has 522 valence electrons. The van der Waals surface area contributed by atoms with Gasteiger partial charge in [0.05, 0.1) is 0 Å². The second-order valence-electron chi connectivity index (χ2n) is 28.9. The molecule has 0 atom stereocenters. The van der Waals surface area contributed by atoms with Gasteiger partial charge in [0.1, 0.15) is 0 Å². The van der Waals surface area contributed by atoms with Crippen molar-refractivity contribution in [1.29, 1.82) is 0 Å². The Bertz CT molecular complexity index is 3710. The molecule has 12 rings (SSSR count). The van der Waals surface area contributed by atoms with E-state index in [2.05, 4.69) is 349 Å². The van der Waals surface area contributed by atoms with Crippen molar-refractivity contribution in [2.75, 3.05) is 58.9 Å². The van der Waals surface area contributed by atoms with E-state index in [1.54, 1.807) is 0 Å². The molecule has 0 aliphatic carbocycles. The van der Waals surface area contributed by atoms with Gasteiger partial charge in [-0.05, 0) is 115 Å². The predicted octanol–water partition coefficient (Wildman–Crippen LogP) is 23.6. The van der Waals surface area contributed by atoms with Crippen molar-refractivity contribution in [3.8, 4) is 5.75 Å². The maximum absolute atomic E-state index is 5.82. The number of ether oxygens (including phenoxy) is 1. The first-order valence-corrected chi connectivity index (χ1v) is 41.8. The molecule has 0 unspecified atom stereocenters. The first kappa shape index (κ1) is 73.7. The predicted molar refractivity (Wildman–Crippen MR) is 430 cm³/mol. The minimum atomic E-state index is -1.77. The van der Waals surface area contributed by atoms with Crippen LogP contribution in [-0.2, 0) is 13.5 Å². The van der Waals surface area contributed by atoms with Crippen LogP contribution >= 0.6 is 19.4 Å². The van der Waals surface area contributed by atoms with E-state index < -0.39 is 13.5 Å². The van der Waals surface area contributed by atoms with Crippen LogP contribution in [0.15, 0.2) is 291 Å². The molecule has 1 fully saturated rings. The number of nitrogens with zero attached hydrogens (tertiary/aromatic N) is 4. The van der Waals surface area contributed by atoms with Crippen LogP contribution < -0.4 is 24.3 Å².